The number of anilines is 1. The molecule has 19 heavy (non-hydrogen) atoms. The number of hydrogen-bond acceptors (Lipinski definition) is 5. The molecule has 1 unspecified atom stereocenters. The molecule has 5 heteroatoms. The molecule has 0 saturated heterocycles. The highest BCUT2D eigenvalue weighted by Crippen LogP contribution is 2.19. The zero-order valence-corrected chi connectivity index (χ0v) is 12.9. The molecule has 1 aromatic heterocycles. The average Bonchev–Trinajstić information content (AvgIpc) is 3.26. The van der Waals surface area contributed by atoms with Crippen molar-refractivity contribution in [3.8, 4) is 0 Å². The fraction of sp³-hybridized carbons (Fsp3) is 0.714. The monoisotopic (exact) mass is 280 g/mol. The lowest BCUT2D eigenvalue weighted by Gasteiger charge is -2.25. The number of aromatic nitrogens is 2. The van der Waals surface area contributed by atoms with Crippen LogP contribution in [0.15, 0.2) is 12.4 Å². The van der Waals surface area contributed by atoms with Gasteiger partial charge in [0.25, 0.3) is 0 Å². The third kappa shape index (κ3) is 4.66. The second-order valence-corrected chi connectivity index (χ2v) is 6.25. The molecule has 0 radical (unpaired) electrons. The summed E-state index contributed by atoms with van der Waals surface area (Å²) in [4.78, 5) is 11.2. The van der Waals surface area contributed by atoms with Crippen LogP contribution in [0.4, 0.5) is 5.82 Å². The Labute approximate surface area is 120 Å². The van der Waals surface area contributed by atoms with Crippen molar-refractivity contribution in [2.24, 2.45) is 0 Å². The van der Waals surface area contributed by atoms with Crippen molar-refractivity contribution < 1.29 is 0 Å². The van der Waals surface area contributed by atoms with E-state index in [1.165, 1.54) is 25.0 Å². The molecule has 0 bridgehead atoms. The Bertz CT molecular complexity index is 395. The number of thioether (sulfide) groups is 1. The van der Waals surface area contributed by atoms with Crippen LogP contribution in [0.25, 0.3) is 0 Å². The van der Waals surface area contributed by atoms with Gasteiger partial charge in [0, 0.05) is 31.9 Å². The number of nitrogens with zero attached hydrogens (tertiary/aromatic N) is 3. The number of hydrogen-bond donors (Lipinski definition) is 1. The predicted octanol–water partition coefficient (Wildman–Crippen LogP) is 2.31. The summed E-state index contributed by atoms with van der Waals surface area (Å²) < 4.78 is 0. The second-order valence-electron chi connectivity index (χ2n) is 5.27. The van der Waals surface area contributed by atoms with Gasteiger partial charge in [-0.25, -0.2) is 4.98 Å². The molecule has 1 fully saturated rings. The molecule has 0 aromatic carbocycles. The average molecular weight is 280 g/mol. The molecule has 0 spiro atoms. The standard InChI is InChI=1S/C14H24N4S/c1-11(6-7-19-3)18(2)14-10-15-8-13(17-14)9-16-12-4-5-12/h8,10-12,16H,4-7,9H2,1-3H3. The smallest absolute Gasteiger partial charge is 0.147 e. The summed E-state index contributed by atoms with van der Waals surface area (Å²) in [7, 11) is 2.10. The fourth-order valence-corrected chi connectivity index (χ4v) is 2.47. The Hall–Kier alpha value is -0.810. The summed E-state index contributed by atoms with van der Waals surface area (Å²) in [5.41, 5.74) is 1.04. The Morgan fingerprint density at radius 2 is 2.26 bits per heavy atom. The van der Waals surface area contributed by atoms with E-state index in [-0.39, 0.29) is 0 Å². The zero-order chi connectivity index (χ0) is 13.7. The highest BCUT2D eigenvalue weighted by molar-refractivity contribution is 7.98. The second kappa shape index (κ2) is 7.10. The first-order valence-corrected chi connectivity index (χ1v) is 8.36. The minimum Gasteiger partial charge on any atom is -0.356 e. The lowest BCUT2D eigenvalue weighted by Crippen LogP contribution is -2.30. The Balaban J connectivity index is 1.91. The van der Waals surface area contributed by atoms with Gasteiger partial charge in [0.05, 0.1) is 11.9 Å². The van der Waals surface area contributed by atoms with Gasteiger partial charge in [0.15, 0.2) is 0 Å². The van der Waals surface area contributed by atoms with E-state index in [9.17, 15) is 0 Å². The third-order valence-electron chi connectivity index (χ3n) is 3.58. The molecule has 1 N–H and O–H groups in total. The Kier molecular flexibility index (Phi) is 5.45. The first kappa shape index (κ1) is 14.6. The maximum atomic E-state index is 4.70. The molecule has 2 rings (SSSR count). The molecule has 1 aromatic rings. The molecule has 1 aliphatic rings. The van der Waals surface area contributed by atoms with Gasteiger partial charge in [-0.05, 0) is 38.2 Å². The highest BCUT2D eigenvalue weighted by atomic mass is 32.2. The molecule has 0 amide bonds. The van der Waals surface area contributed by atoms with Crippen LogP contribution in [0.3, 0.4) is 0 Å². The number of rotatable bonds is 8. The van der Waals surface area contributed by atoms with Crippen LogP contribution >= 0.6 is 11.8 Å². The number of nitrogens with one attached hydrogen (secondary N) is 1. The molecule has 106 valence electrons. The van der Waals surface area contributed by atoms with E-state index in [1.807, 2.05) is 24.2 Å². The summed E-state index contributed by atoms with van der Waals surface area (Å²) >= 11 is 1.89. The van der Waals surface area contributed by atoms with Crippen LogP contribution in [-0.4, -0.2) is 41.1 Å². The first-order chi connectivity index (χ1) is 9.20. The van der Waals surface area contributed by atoms with Gasteiger partial charge in [0.1, 0.15) is 5.82 Å². The van der Waals surface area contributed by atoms with Gasteiger partial charge in [-0.2, -0.15) is 11.8 Å². The molecule has 1 heterocycles. The van der Waals surface area contributed by atoms with Gasteiger partial charge >= 0.3 is 0 Å². The van der Waals surface area contributed by atoms with Crippen molar-refractivity contribution in [3.63, 3.8) is 0 Å². The zero-order valence-electron chi connectivity index (χ0n) is 12.1. The van der Waals surface area contributed by atoms with Crippen molar-refractivity contribution >= 4 is 17.6 Å². The SMILES string of the molecule is CSCCC(C)N(C)c1cncc(CNC2CC2)n1. The normalized spacial score (nSPS) is 16.4. The maximum absolute atomic E-state index is 4.70. The van der Waals surface area contributed by atoms with Gasteiger partial charge in [-0.3, -0.25) is 4.98 Å². The first-order valence-electron chi connectivity index (χ1n) is 6.96. The van der Waals surface area contributed by atoms with E-state index in [1.54, 1.807) is 0 Å². The molecule has 0 aliphatic heterocycles. The quantitative estimate of drug-likeness (QED) is 0.791. The minimum atomic E-state index is 0.494. The lowest BCUT2D eigenvalue weighted by molar-refractivity contribution is 0.646. The maximum Gasteiger partial charge on any atom is 0.147 e. The van der Waals surface area contributed by atoms with Crippen LogP contribution in [0.5, 0.6) is 0 Å². The van der Waals surface area contributed by atoms with Crippen LogP contribution in [0.2, 0.25) is 0 Å². The lowest BCUT2D eigenvalue weighted by atomic mass is 10.2. The fourth-order valence-electron chi connectivity index (χ4n) is 1.89. The van der Waals surface area contributed by atoms with Crippen LogP contribution in [0.1, 0.15) is 31.9 Å². The van der Waals surface area contributed by atoms with Gasteiger partial charge in [0.2, 0.25) is 0 Å². The van der Waals surface area contributed by atoms with E-state index in [0.717, 1.165) is 18.1 Å². The minimum absolute atomic E-state index is 0.494. The largest absolute Gasteiger partial charge is 0.356 e. The predicted molar refractivity (Wildman–Crippen MR) is 82.8 cm³/mol. The Morgan fingerprint density at radius 1 is 1.47 bits per heavy atom. The molecule has 1 atom stereocenters. The van der Waals surface area contributed by atoms with Crippen molar-refractivity contribution in [3.05, 3.63) is 18.1 Å². The summed E-state index contributed by atoms with van der Waals surface area (Å²) in [6, 6.07) is 1.21. The van der Waals surface area contributed by atoms with Crippen molar-refractivity contribution in [2.75, 3.05) is 24.0 Å². The van der Waals surface area contributed by atoms with E-state index in [4.69, 9.17) is 4.98 Å². The van der Waals surface area contributed by atoms with Crippen molar-refractivity contribution in [1.29, 1.82) is 0 Å². The summed E-state index contributed by atoms with van der Waals surface area (Å²) in [6.45, 7) is 3.07. The van der Waals surface area contributed by atoms with Crippen molar-refractivity contribution in [1.82, 2.24) is 15.3 Å². The molecule has 4 nitrogen and oxygen atoms in total. The summed E-state index contributed by atoms with van der Waals surface area (Å²) in [5, 5.41) is 3.48. The van der Waals surface area contributed by atoms with E-state index in [0.29, 0.717) is 12.1 Å². The molecule has 1 aliphatic carbocycles. The van der Waals surface area contributed by atoms with Gasteiger partial charge in [-0.15, -0.1) is 0 Å². The Morgan fingerprint density at radius 3 is 2.95 bits per heavy atom. The van der Waals surface area contributed by atoms with Crippen LogP contribution in [0, 0.1) is 0 Å². The van der Waals surface area contributed by atoms with Gasteiger partial charge in [-0.1, -0.05) is 0 Å². The van der Waals surface area contributed by atoms with E-state index in [2.05, 4.69) is 35.4 Å². The molecule has 1 saturated carbocycles. The highest BCUT2D eigenvalue weighted by Gasteiger charge is 2.20. The van der Waals surface area contributed by atoms with E-state index < -0.39 is 0 Å². The summed E-state index contributed by atoms with van der Waals surface area (Å²) in [5.74, 6) is 2.16. The third-order valence-corrected chi connectivity index (χ3v) is 4.23. The van der Waals surface area contributed by atoms with Crippen LogP contribution < -0.4 is 10.2 Å². The van der Waals surface area contributed by atoms with Crippen LogP contribution in [-0.2, 0) is 6.54 Å². The van der Waals surface area contributed by atoms with Crippen molar-refractivity contribution in [2.45, 2.75) is 44.8 Å². The molecular weight excluding hydrogens is 256 g/mol. The summed E-state index contributed by atoms with van der Waals surface area (Å²) in [6.07, 6.45) is 9.65. The molecular formula is C14H24N4S. The topological polar surface area (TPSA) is 41.1 Å². The van der Waals surface area contributed by atoms with E-state index >= 15 is 0 Å². The van der Waals surface area contributed by atoms with Gasteiger partial charge < -0.3 is 10.2 Å².